The second-order valence-corrected chi connectivity index (χ2v) is 6.46. The van der Waals surface area contributed by atoms with Crippen LogP contribution in [0, 0.1) is 0 Å². The Bertz CT molecular complexity index is 1250. The number of hydrogen-bond donors (Lipinski definition) is 0. The van der Waals surface area contributed by atoms with Crippen LogP contribution in [0.5, 0.6) is 0 Å². The molecule has 4 heteroatoms. The average molecular weight is 368 g/mol. The average Bonchev–Trinajstić information content (AvgIpc) is 2.74. The molecule has 0 N–H and O–H groups in total. The molecule has 0 bridgehead atoms. The molecule has 136 valence electrons. The van der Waals surface area contributed by atoms with Gasteiger partial charge in [0.15, 0.2) is 5.78 Å². The molecule has 3 aromatic carbocycles. The molecule has 0 fully saturated rings. The van der Waals surface area contributed by atoms with Crippen LogP contribution in [0.4, 0.5) is 0 Å². The molecule has 4 rings (SSSR count). The number of fused-ring (bicyclic) bond motifs is 1. The lowest BCUT2D eigenvalue weighted by Crippen LogP contribution is -2.18. The summed E-state index contributed by atoms with van der Waals surface area (Å²) in [6.45, 7) is 1.43. The van der Waals surface area contributed by atoms with Gasteiger partial charge in [0.2, 0.25) is 11.2 Å². The van der Waals surface area contributed by atoms with E-state index in [0.717, 1.165) is 0 Å². The third kappa shape index (κ3) is 3.05. The monoisotopic (exact) mass is 368 g/mol. The SMILES string of the molecule is CC(=O)c1ccc2oc(-c3ccccc3)c(C(=O)c3ccccc3)c(=O)c2c1. The molecule has 1 heterocycles. The van der Waals surface area contributed by atoms with Crippen LogP contribution in [0.2, 0.25) is 0 Å². The van der Waals surface area contributed by atoms with Crippen LogP contribution in [0.3, 0.4) is 0 Å². The second-order valence-electron chi connectivity index (χ2n) is 6.46. The van der Waals surface area contributed by atoms with Crippen LogP contribution in [0.15, 0.2) is 88.1 Å². The number of ketones is 2. The number of carbonyl (C=O) groups is 2. The molecule has 0 radical (unpaired) electrons. The second kappa shape index (κ2) is 7.08. The van der Waals surface area contributed by atoms with Gasteiger partial charge in [-0.3, -0.25) is 14.4 Å². The largest absolute Gasteiger partial charge is 0.455 e. The molecule has 0 unspecified atom stereocenters. The van der Waals surface area contributed by atoms with Gasteiger partial charge >= 0.3 is 0 Å². The molecule has 0 aliphatic rings. The molecule has 0 aliphatic carbocycles. The Morgan fingerprint density at radius 2 is 1.43 bits per heavy atom. The lowest BCUT2D eigenvalue weighted by molar-refractivity contribution is 0.101. The smallest absolute Gasteiger partial charge is 0.204 e. The van der Waals surface area contributed by atoms with Crippen molar-refractivity contribution in [3.63, 3.8) is 0 Å². The van der Waals surface area contributed by atoms with Crippen molar-refractivity contribution in [2.24, 2.45) is 0 Å². The van der Waals surface area contributed by atoms with Crippen molar-refractivity contribution < 1.29 is 14.0 Å². The zero-order valence-corrected chi connectivity index (χ0v) is 15.1. The molecule has 4 nitrogen and oxygen atoms in total. The van der Waals surface area contributed by atoms with Gasteiger partial charge in [-0.25, -0.2) is 0 Å². The zero-order chi connectivity index (χ0) is 19.7. The van der Waals surface area contributed by atoms with Crippen molar-refractivity contribution in [2.45, 2.75) is 6.92 Å². The quantitative estimate of drug-likeness (QED) is 0.481. The highest BCUT2D eigenvalue weighted by atomic mass is 16.3. The molecule has 0 atom stereocenters. The van der Waals surface area contributed by atoms with E-state index in [1.54, 1.807) is 54.6 Å². The third-order valence-electron chi connectivity index (χ3n) is 4.60. The van der Waals surface area contributed by atoms with Crippen molar-refractivity contribution in [3.8, 4) is 11.3 Å². The first-order valence-electron chi connectivity index (χ1n) is 8.83. The van der Waals surface area contributed by atoms with E-state index in [2.05, 4.69) is 0 Å². The zero-order valence-electron chi connectivity index (χ0n) is 15.1. The summed E-state index contributed by atoms with van der Waals surface area (Å²) in [5.74, 6) is -0.352. The van der Waals surface area contributed by atoms with E-state index in [1.807, 2.05) is 18.2 Å². The molecule has 0 aliphatic heterocycles. The summed E-state index contributed by atoms with van der Waals surface area (Å²) in [6, 6.07) is 22.3. The van der Waals surface area contributed by atoms with E-state index in [9.17, 15) is 14.4 Å². The summed E-state index contributed by atoms with van der Waals surface area (Å²) in [5.41, 5.74) is 1.27. The van der Waals surface area contributed by atoms with Gasteiger partial charge in [0.25, 0.3) is 0 Å². The van der Waals surface area contributed by atoms with Gasteiger partial charge in [0, 0.05) is 16.7 Å². The van der Waals surface area contributed by atoms with E-state index in [-0.39, 0.29) is 22.5 Å². The van der Waals surface area contributed by atoms with Gasteiger partial charge in [0.05, 0.1) is 5.39 Å². The predicted molar refractivity (Wildman–Crippen MR) is 108 cm³/mol. The fourth-order valence-electron chi connectivity index (χ4n) is 3.15. The minimum atomic E-state index is -0.447. The van der Waals surface area contributed by atoms with E-state index in [4.69, 9.17) is 4.42 Å². The molecule has 1 aromatic heterocycles. The predicted octanol–water partition coefficient (Wildman–Crippen LogP) is 4.89. The molecule has 28 heavy (non-hydrogen) atoms. The van der Waals surface area contributed by atoms with Gasteiger partial charge in [-0.05, 0) is 25.1 Å². The summed E-state index contributed by atoms with van der Waals surface area (Å²) in [7, 11) is 0. The van der Waals surface area contributed by atoms with E-state index in [0.29, 0.717) is 22.3 Å². The maximum atomic E-state index is 13.3. The topological polar surface area (TPSA) is 64.3 Å². The number of benzene rings is 3. The highest BCUT2D eigenvalue weighted by molar-refractivity contribution is 6.13. The Morgan fingerprint density at radius 1 is 0.786 bits per heavy atom. The van der Waals surface area contributed by atoms with Gasteiger partial charge in [-0.2, -0.15) is 0 Å². The van der Waals surface area contributed by atoms with Crippen LogP contribution in [0.1, 0.15) is 33.2 Å². The minimum absolute atomic E-state index is 0.0365. The Kier molecular flexibility index (Phi) is 4.45. The fraction of sp³-hybridized carbons (Fsp3) is 0.0417. The number of hydrogen-bond acceptors (Lipinski definition) is 4. The number of carbonyl (C=O) groups excluding carboxylic acids is 2. The van der Waals surface area contributed by atoms with Gasteiger partial charge in [0.1, 0.15) is 16.9 Å². The summed E-state index contributed by atoms with van der Waals surface area (Å²) in [6.07, 6.45) is 0. The van der Waals surface area contributed by atoms with E-state index >= 15 is 0 Å². The Hall–Kier alpha value is -3.79. The first-order valence-corrected chi connectivity index (χ1v) is 8.83. The number of Topliss-reactive ketones (excluding diaryl/α,β-unsaturated/α-hetero) is 1. The minimum Gasteiger partial charge on any atom is -0.455 e. The molecule has 0 amide bonds. The van der Waals surface area contributed by atoms with Crippen molar-refractivity contribution >= 4 is 22.5 Å². The van der Waals surface area contributed by atoms with Crippen LogP contribution in [-0.4, -0.2) is 11.6 Å². The molecular formula is C24H16O4. The molecule has 0 saturated heterocycles. The molecule has 4 aromatic rings. The van der Waals surface area contributed by atoms with Crippen LogP contribution < -0.4 is 5.43 Å². The van der Waals surface area contributed by atoms with Gasteiger partial charge < -0.3 is 4.42 Å². The maximum Gasteiger partial charge on any atom is 0.204 e. The molecular weight excluding hydrogens is 352 g/mol. The number of rotatable bonds is 4. The summed E-state index contributed by atoms with van der Waals surface area (Å²) in [5, 5.41) is 0.215. The highest BCUT2D eigenvalue weighted by Crippen LogP contribution is 2.28. The fourth-order valence-corrected chi connectivity index (χ4v) is 3.15. The lowest BCUT2D eigenvalue weighted by Gasteiger charge is -2.10. The first-order chi connectivity index (χ1) is 13.6. The molecule has 0 saturated carbocycles. The Balaban J connectivity index is 2.06. The van der Waals surface area contributed by atoms with Gasteiger partial charge in [-0.15, -0.1) is 0 Å². The summed E-state index contributed by atoms with van der Waals surface area (Å²) >= 11 is 0. The van der Waals surface area contributed by atoms with E-state index < -0.39 is 11.2 Å². The standard InChI is InChI=1S/C24H16O4/c1-15(25)18-12-13-20-19(14-18)23(27)21(22(26)16-8-4-2-5-9-16)24(28-20)17-10-6-3-7-11-17/h2-14H,1H3. The van der Waals surface area contributed by atoms with Crippen molar-refractivity contribution in [1.82, 2.24) is 0 Å². The van der Waals surface area contributed by atoms with Gasteiger partial charge in [-0.1, -0.05) is 60.7 Å². The Labute approximate surface area is 161 Å². The first kappa shape index (κ1) is 17.6. The Morgan fingerprint density at radius 3 is 2.07 bits per heavy atom. The van der Waals surface area contributed by atoms with Crippen LogP contribution >= 0.6 is 0 Å². The van der Waals surface area contributed by atoms with Crippen molar-refractivity contribution in [1.29, 1.82) is 0 Å². The summed E-state index contributed by atoms with van der Waals surface area (Å²) < 4.78 is 6.01. The maximum absolute atomic E-state index is 13.3. The highest BCUT2D eigenvalue weighted by Gasteiger charge is 2.23. The van der Waals surface area contributed by atoms with Crippen molar-refractivity contribution in [2.75, 3.05) is 0 Å². The summed E-state index contributed by atoms with van der Waals surface area (Å²) in [4.78, 5) is 38.2. The lowest BCUT2D eigenvalue weighted by atomic mass is 9.96. The normalized spacial score (nSPS) is 10.8. The molecule has 0 spiro atoms. The van der Waals surface area contributed by atoms with E-state index in [1.165, 1.54) is 13.0 Å². The van der Waals surface area contributed by atoms with Crippen LogP contribution in [0.25, 0.3) is 22.3 Å². The third-order valence-corrected chi connectivity index (χ3v) is 4.60. The van der Waals surface area contributed by atoms with Crippen LogP contribution in [-0.2, 0) is 0 Å². The van der Waals surface area contributed by atoms with Crippen molar-refractivity contribution in [3.05, 3.63) is 106 Å².